The predicted octanol–water partition coefficient (Wildman–Crippen LogP) is 2.31. The van der Waals surface area contributed by atoms with E-state index in [2.05, 4.69) is 0 Å². The van der Waals surface area contributed by atoms with E-state index < -0.39 is 12.0 Å². The molecule has 1 rings (SSSR count). The molecule has 6 heteroatoms. The van der Waals surface area contributed by atoms with E-state index in [4.69, 9.17) is 5.26 Å². The standard InChI is InChI=1S/C15H25N3O3/c1-4-12-6-9-18(13(10-12)14(19)20)15(21)17(11(2)3)8-5-7-16/h11-13H,4-6,8-10H2,1-3H3,(H,19,20). The summed E-state index contributed by atoms with van der Waals surface area (Å²) >= 11 is 0. The van der Waals surface area contributed by atoms with Crippen LogP contribution in [0.3, 0.4) is 0 Å². The van der Waals surface area contributed by atoms with Crippen molar-refractivity contribution in [1.82, 2.24) is 9.80 Å². The molecule has 2 unspecified atom stereocenters. The van der Waals surface area contributed by atoms with Crippen LogP contribution in [-0.2, 0) is 4.79 Å². The van der Waals surface area contributed by atoms with Gasteiger partial charge in [-0.2, -0.15) is 5.26 Å². The van der Waals surface area contributed by atoms with Crippen LogP contribution in [0.25, 0.3) is 0 Å². The van der Waals surface area contributed by atoms with Gasteiger partial charge in [0.05, 0.1) is 12.5 Å². The van der Waals surface area contributed by atoms with Crippen LogP contribution in [0.5, 0.6) is 0 Å². The number of carboxylic acid groups (broad SMARTS) is 1. The third-order valence-corrected chi connectivity index (χ3v) is 4.15. The van der Waals surface area contributed by atoms with Crippen molar-refractivity contribution in [2.24, 2.45) is 5.92 Å². The number of carbonyl (C=O) groups excluding carboxylic acids is 1. The Hall–Kier alpha value is -1.77. The fourth-order valence-corrected chi connectivity index (χ4v) is 2.78. The van der Waals surface area contributed by atoms with Crippen molar-refractivity contribution >= 4 is 12.0 Å². The van der Waals surface area contributed by atoms with E-state index in [0.717, 1.165) is 12.8 Å². The summed E-state index contributed by atoms with van der Waals surface area (Å²) in [5.41, 5.74) is 0. The lowest BCUT2D eigenvalue weighted by Gasteiger charge is -2.40. The van der Waals surface area contributed by atoms with Crippen molar-refractivity contribution in [3.05, 3.63) is 0 Å². The van der Waals surface area contributed by atoms with Gasteiger partial charge in [-0.3, -0.25) is 0 Å². The average molecular weight is 295 g/mol. The van der Waals surface area contributed by atoms with Crippen molar-refractivity contribution in [2.75, 3.05) is 13.1 Å². The van der Waals surface area contributed by atoms with E-state index in [0.29, 0.717) is 25.4 Å². The summed E-state index contributed by atoms with van der Waals surface area (Å²) in [7, 11) is 0. The van der Waals surface area contributed by atoms with Gasteiger partial charge in [-0.05, 0) is 32.6 Å². The molecule has 0 radical (unpaired) electrons. The minimum Gasteiger partial charge on any atom is -0.480 e. The molecule has 6 nitrogen and oxygen atoms in total. The Balaban J connectivity index is 2.86. The predicted molar refractivity (Wildman–Crippen MR) is 78.6 cm³/mol. The van der Waals surface area contributed by atoms with Gasteiger partial charge in [0.25, 0.3) is 0 Å². The molecule has 0 saturated carbocycles. The topological polar surface area (TPSA) is 84.6 Å². The molecule has 0 aliphatic carbocycles. The van der Waals surface area contributed by atoms with Gasteiger partial charge in [-0.25, -0.2) is 9.59 Å². The highest BCUT2D eigenvalue weighted by atomic mass is 16.4. The highest BCUT2D eigenvalue weighted by Gasteiger charge is 2.37. The lowest BCUT2D eigenvalue weighted by atomic mass is 9.89. The van der Waals surface area contributed by atoms with Gasteiger partial charge in [0.1, 0.15) is 6.04 Å². The zero-order chi connectivity index (χ0) is 16.0. The molecule has 1 fully saturated rings. The molecule has 2 amide bonds. The molecule has 118 valence electrons. The third-order valence-electron chi connectivity index (χ3n) is 4.15. The second-order valence-electron chi connectivity index (χ2n) is 5.82. The van der Waals surface area contributed by atoms with Crippen LogP contribution < -0.4 is 0 Å². The maximum Gasteiger partial charge on any atom is 0.326 e. The number of hydrogen-bond donors (Lipinski definition) is 1. The largest absolute Gasteiger partial charge is 0.480 e. The second kappa shape index (κ2) is 7.87. The van der Waals surface area contributed by atoms with Crippen LogP contribution in [0.2, 0.25) is 0 Å². The Morgan fingerprint density at radius 3 is 2.62 bits per heavy atom. The number of piperidine rings is 1. The van der Waals surface area contributed by atoms with Gasteiger partial charge in [0.15, 0.2) is 0 Å². The number of aliphatic carboxylic acids is 1. The fourth-order valence-electron chi connectivity index (χ4n) is 2.78. The smallest absolute Gasteiger partial charge is 0.326 e. The lowest BCUT2D eigenvalue weighted by Crippen LogP contribution is -2.56. The number of carboxylic acids is 1. The highest BCUT2D eigenvalue weighted by molar-refractivity contribution is 5.83. The minimum absolute atomic E-state index is 0.0517. The van der Waals surface area contributed by atoms with Crippen LogP contribution in [0, 0.1) is 17.2 Å². The Bertz CT molecular complexity index is 417. The minimum atomic E-state index is -0.939. The molecule has 1 heterocycles. The fraction of sp³-hybridized carbons (Fsp3) is 0.800. The summed E-state index contributed by atoms with van der Waals surface area (Å²) in [6.07, 6.45) is 2.55. The molecule has 0 aromatic heterocycles. The molecule has 1 N–H and O–H groups in total. The van der Waals surface area contributed by atoms with E-state index in [9.17, 15) is 14.7 Å². The summed E-state index contributed by atoms with van der Waals surface area (Å²) in [5, 5.41) is 18.1. The first-order valence-electron chi connectivity index (χ1n) is 7.59. The maximum atomic E-state index is 12.6. The van der Waals surface area contributed by atoms with E-state index in [-0.39, 0.29) is 18.5 Å². The SMILES string of the molecule is CCC1CCN(C(=O)N(CCC#N)C(C)C)C(C(=O)O)C1. The molecule has 2 atom stereocenters. The van der Waals surface area contributed by atoms with Crippen molar-refractivity contribution in [3.8, 4) is 6.07 Å². The number of nitrogens with zero attached hydrogens (tertiary/aromatic N) is 3. The summed E-state index contributed by atoms with van der Waals surface area (Å²) in [6, 6.07) is 0.968. The molecular formula is C15H25N3O3. The van der Waals surface area contributed by atoms with Crippen LogP contribution >= 0.6 is 0 Å². The highest BCUT2D eigenvalue weighted by Crippen LogP contribution is 2.27. The van der Waals surface area contributed by atoms with Gasteiger partial charge in [0.2, 0.25) is 0 Å². The summed E-state index contributed by atoms with van der Waals surface area (Å²) in [4.78, 5) is 27.2. The third kappa shape index (κ3) is 4.35. The Morgan fingerprint density at radius 2 is 2.14 bits per heavy atom. The van der Waals surface area contributed by atoms with Gasteiger partial charge in [-0.15, -0.1) is 0 Å². The summed E-state index contributed by atoms with van der Waals surface area (Å²) < 4.78 is 0. The molecule has 1 aliphatic rings. The summed E-state index contributed by atoms with van der Waals surface area (Å²) in [6.45, 7) is 6.62. The van der Waals surface area contributed by atoms with E-state index >= 15 is 0 Å². The molecule has 1 aliphatic heterocycles. The summed E-state index contributed by atoms with van der Waals surface area (Å²) in [5.74, 6) is -0.577. The van der Waals surface area contributed by atoms with Crippen LogP contribution in [0.15, 0.2) is 0 Å². The molecule has 1 saturated heterocycles. The average Bonchev–Trinajstić information content (AvgIpc) is 2.46. The van der Waals surface area contributed by atoms with Crippen LogP contribution in [0.4, 0.5) is 4.79 Å². The second-order valence-corrected chi connectivity index (χ2v) is 5.82. The first kappa shape index (κ1) is 17.3. The lowest BCUT2D eigenvalue weighted by molar-refractivity contribution is -0.144. The van der Waals surface area contributed by atoms with Crippen molar-refractivity contribution < 1.29 is 14.7 Å². The molecule has 21 heavy (non-hydrogen) atoms. The number of amides is 2. The first-order chi connectivity index (χ1) is 9.92. The number of urea groups is 1. The maximum absolute atomic E-state index is 12.6. The van der Waals surface area contributed by atoms with Crippen molar-refractivity contribution in [1.29, 1.82) is 5.26 Å². The normalized spacial score (nSPS) is 22.0. The Labute approximate surface area is 126 Å². The van der Waals surface area contributed by atoms with Gasteiger partial charge in [0, 0.05) is 19.1 Å². The molecule has 0 spiro atoms. The van der Waals surface area contributed by atoms with E-state index in [1.54, 1.807) is 4.90 Å². The Kier molecular flexibility index (Phi) is 6.47. The number of rotatable bonds is 5. The van der Waals surface area contributed by atoms with Gasteiger partial charge < -0.3 is 14.9 Å². The monoisotopic (exact) mass is 295 g/mol. The quantitative estimate of drug-likeness (QED) is 0.843. The molecule has 0 aromatic carbocycles. The van der Waals surface area contributed by atoms with Crippen molar-refractivity contribution in [3.63, 3.8) is 0 Å². The zero-order valence-electron chi connectivity index (χ0n) is 13.1. The number of nitriles is 1. The van der Waals surface area contributed by atoms with Gasteiger partial charge in [-0.1, -0.05) is 13.3 Å². The molecule has 0 bridgehead atoms. The van der Waals surface area contributed by atoms with Gasteiger partial charge >= 0.3 is 12.0 Å². The zero-order valence-corrected chi connectivity index (χ0v) is 13.1. The number of hydrogen-bond acceptors (Lipinski definition) is 3. The number of carbonyl (C=O) groups is 2. The van der Waals surface area contributed by atoms with E-state index in [1.165, 1.54) is 4.90 Å². The molecule has 0 aromatic rings. The van der Waals surface area contributed by atoms with Crippen LogP contribution in [-0.4, -0.2) is 52.1 Å². The van der Waals surface area contributed by atoms with Crippen molar-refractivity contribution in [2.45, 2.75) is 58.5 Å². The van der Waals surface area contributed by atoms with Crippen LogP contribution in [0.1, 0.15) is 46.5 Å². The van der Waals surface area contributed by atoms with E-state index in [1.807, 2.05) is 26.8 Å². The number of likely N-dealkylation sites (tertiary alicyclic amines) is 1. The Morgan fingerprint density at radius 1 is 1.48 bits per heavy atom. The first-order valence-corrected chi connectivity index (χ1v) is 7.59. The molecular weight excluding hydrogens is 270 g/mol.